The van der Waals surface area contributed by atoms with E-state index >= 15 is 0 Å². The van der Waals surface area contributed by atoms with Crippen molar-refractivity contribution in [2.45, 2.75) is 38.8 Å². The Labute approximate surface area is 113 Å². The summed E-state index contributed by atoms with van der Waals surface area (Å²) in [6, 6.07) is 5.06. The molecule has 1 aromatic heterocycles. The van der Waals surface area contributed by atoms with E-state index < -0.39 is 0 Å². The fourth-order valence-corrected chi connectivity index (χ4v) is 3.87. The molecule has 0 spiro atoms. The van der Waals surface area contributed by atoms with Gasteiger partial charge in [-0.25, -0.2) is 0 Å². The van der Waals surface area contributed by atoms with E-state index in [1.165, 1.54) is 17.7 Å². The molecule has 0 aliphatic carbocycles. The van der Waals surface area contributed by atoms with Gasteiger partial charge in [-0.15, -0.1) is 11.3 Å². The number of piperidine rings is 1. The van der Waals surface area contributed by atoms with Crippen molar-refractivity contribution in [3.05, 3.63) is 21.3 Å². The summed E-state index contributed by atoms with van der Waals surface area (Å²) >= 11 is 7.69. The number of thiophene rings is 1. The van der Waals surface area contributed by atoms with E-state index in [1.54, 1.807) is 11.3 Å². The number of nitrogens with two attached hydrogens (primary N) is 1. The monoisotopic (exact) mass is 272 g/mol. The zero-order valence-electron chi connectivity index (χ0n) is 10.5. The summed E-state index contributed by atoms with van der Waals surface area (Å²) in [7, 11) is 0. The number of hydrogen-bond donors (Lipinski definition) is 1. The second kappa shape index (κ2) is 5.70. The smallest absolute Gasteiger partial charge is 0.0931 e. The molecule has 1 fully saturated rings. The highest BCUT2D eigenvalue weighted by Crippen LogP contribution is 2.34. The lowest BCUT2D eigenvalue weighted by Gasteiger charge is -2.41. The fourth-order valence-electron chi connectivity index (χ4n) is 2.68. The molecule has 0 bridgehead atoms. The van der Waals surface area contributed by atoms with Gasteiger partial charge in [-0.2, -0.15) is 0 Å². The minimum Gasteiger partial charge on any atom is -0.329 e. The number of likely N-dealkylation sites (tertiary alicyclic amines) is 1. The van der Waals surface area contributed by atoms with E-state index in [-0.39, 0.29) is 0 Å². The van der Waals surface area contributed by atoms with E-state index in [2.05, 4.69) is 24.8 Å². The lowest BCUT2D eigenvalue weighted by atomic mass is 9.93. The van der Waals surface area contributed by atoms with Gasteiger partial charge in [-0.05, 0) is 37.8 Å². The average molecular weight is 273 g/mol. The van der Waals surface area contributed by atoms with Gasteiger partial charge < -0.3 is 5.73 Å². The van der Waals surface area contributed by atoms with Gasteiger partial charge in [-0.1, -0.05) is 18.5 Å². The molecule has 3 unspecified atom stereocenters. The van der Waals surface area contributed by atoms with Crippen molar-refractivity contribution in [3.8, 4) is 0 Å². The lowest BCUT2D eigenvalue weighted by molar-refractivity contribution is 0.0814. The molecule has 1 aliphatic rings. The number of rotatable bonds is 3. The number of nitrogens with zero attached hydrogens (tertiary/aromatic N) is 1. The molecule has 0 aromatic carbocycles. The molecular formula is C13H21ClN2S. The summed E-state index contributed by atoms with van der Waals surface area (Å²) < 4.78 is 0.858. The fraction of sp³-hybridized carbons (Fsp3) is 0.692. The normalized spacial score (nSPS) is 28.2. The number of halogens is 1. The number of hydrogen-bond acceptors (Lipinski definition) is 3. The Hall–Kier alpha value is -0.0900. The van der Waals surface area contributed by atoms with Crippen molar-refractivity contribution in [1.29, 1.82) is 0 Å². The summed E-state index contributed by atoms with van der Waals surface area (Å²) in [6.45, 7) is 6.46. The Bertz CT molecular complexity index is 366. The third-order valence-corrected chi connectivity index (χ3v) is 5.04. The lowest BCUT2D eigenvalue weighted by Crippen LogP contribution is -2.45. The zero-order valence-corrected chi connectivity index (χ0v) is 12.1. The molecule has 2 rings (SSSR count). The Morgan fingerprint density at radius 1 is 1.47 bits per heavy atom. The first kappa shape index (κ1) is 13.3. The van der Waals surface area contributed by atoms with Gasteiger partial charge in [0.1, 0.15) is 0 Å². The summed E-state index contributed by atoms with van der Waals surface area (Å²) in [5, 5.41) is 0. The van der Waals surface area contributed by atoms with E-state index in [0.717, 1.165) is 16.8 Å². The summed E-state index contributed by atoms with van der Waals surface area (Å²) in [5.74, 6) is 0.774. The summed E-state index contributed by atoms with van der Waals surface area (Å²) in [6.07, 6.45) is 2.61. The molecule has 2 N–H and O–H groups in total. The summed E-state index contributed by atoms with van der Waals surface area (Å²) in [5.41, 5.74) is 5.97. The van der Waals surface area contributed by atoms with Crippen LogP contribution in [0.25, 0.3) is 0 Å². The van der Waals surface area contributed by atoms with Gasteiger partial charge >= 0.3 is 0 Å². The van der Waals surface area contributed by atoms with Crippen molar-refractivity contribution in [1.82, 2.24) is 4.90 Å². The van der Waals surface area contributed by atoms with Gasteiger partial charge in [0.05, 0.1) is 10.4 Å². The molecule has 4 heteroatoms. The minimum absolute atomic E-state index is 0.338. The molecule has 1 aromatic rings. The molecule has 17 heavy (non-hydrogen) atoms. The van der Waals surface area contributed by atoms with Crippen LogP contribution in [0.15, 0.2) is 12.1 Å². The first-order valence-electron chi connectivity index (χ1n) is 6.33. The molecular weight excluding hydrogens is 252 g/mol. The zero-order chi connectivity index (χ0) is 12.4. The van der Waals surface area contributed by atoms with Gasteiger partial charge in [0.25, 0.3) is 0 Å². The molecule has 3 atom stereocenters. The highest BCUT2D eigenvalue weighted by molar-refractivity contribution is 7.16. The van der Waals surface area contributed by atoms with Gasteiger partial charge in [-0.3, -0.25) is 4.90 Å². The van der Waals surface area contributed by atoms with E-state index in [9.17, 15) is 0 Å². The highest BCUT2D eigenvalue weighted by Gasteiger charge is 2.29. The van der Waals surface area contributed by atoms with Gasteiger partial charge in [0, 0.05) is 24.0 Å². The summed E-state index contributed by atoms with van der Waals surface area (Å²) in [4.78, 5) is 3.86. The van der Waals surface area contributed by atoms with Crippen LogP contribution in [0.4, 0.5) is 0 Å². The maximum atomic E-state index is 6.02. The van der Waals surface area contributed by atoms with E-state index in [4.69, 9.17) is 17.3 Å². The average Bonchev–Trinajstić information content (AvgIpc) is 2.71. The van der Waals surface area contributed by atoms with E-state index in [0.29, 0.717) is 18.6 Å². The van der Waals surface area contributed by atoms with Crippen LogP contribution in [0.1, 0.15) is 37.6 Å². The second-order valence-corrected chi connectivity index (χ2v) is 6.87. The van der Waals surface area contributed by atoms with Crippen LogP contribution in [0.5, 0.6) is 0 Å². The second-order valence-electron chi connectivity index (χ2n) is 5.12. The third-order valence-electron chi connectivity index (χ3n) is 3.71. The van der Waals surface area contributed by atoms with Crippen molar-refractivity contribution in [2.24, 2.45) is 11.7 Å². The highest BCUT2D eigenvalue weighted by atomic mass is 35.5. The topological polar surface area (TPSA) is 29.3 Å². The molecule has 1 aliphatic heterocycles. The van der Waals surface area contributed by atoms with Crippen LogP contribution in [0.3, 0.4) is 0 Å². The van der Waals surface area contributed by atoms with Gasteiger partial charge in [0.2, 0.25) is 0 Å². The Morgan fingerprint density at radius 2 is 2.24 bits per heavy atom. The third kappa shape index (κ3) is 3.02. The molecule has 2 nitrogen and oxygen atoms in total. The van der Waals surface area contributed by atoms with Crippen LogP contribution in [0.2, 0.25) is 4.34 Å². The SMILES string of the molecule is CC1CCC(C)N(C(CN)c2ccc(Cl)s2)C1. The maximum Gasteiger partial charge on any atom is 0.0931 e. The Kier molecular flexibility index (Phi) is 4.47. The van der Waals surface area contributed by atoms with Crippen LogP contribution in [0, 0.1) is 5.92 Å². The standard InChI is InChI=1S/C13H21ClN2S/c1-9-3-4-10(2)16(8-9)11(7-15)12-5-6-13(14)17-12/h5-6,9-11H,3-4,7-8,15H2,1-2H3. The quantitative estimate of drug-likeness (QED) is 0.912. The molecule has 0 saturated carbocycles. The van der Waals surface area contributed by atoms with Crippen molar-refractivity contribution < 1.29 is 0 Å². The minimum atomic E-state index is 0.338. The van der Waals surface area contributed by atoms with Crippen molar-refractivity contribution >= 4 is 22.9 Å². The molecule has 0 amide bonds. The van der Waals surface area contributed by atoms with Crippen LogP contribution in [-0.4, -0.2) is 24.0 Å². The predicted octanol–water partition coefficient (Wildman–Crippen LogP) is 3.52. The van der Waals surface area contributed by atoms with Crippen molar-refractivity contribution in [3.63, 3.8) is 0 Å². The molecule has 96 valence electrons. The van der Waals surface area contributed by atoms with E-state index in [1.807, 2.05) is 6.07 Å². The van der Waals surface area contributed by atoms with Crippen LogP contribution in [-0.2, 0) is 0 Å². The first-order chi connectivity index (χ1) is 8.11. The molecule has 1 saturated heterocycles. The first-order valence-corrected chi connectivity index (χ1v) is 7.52. The maximum absolute atomic E-state index is 6.02. The Morgan fingerprint density at radius 3 is 2.82 bits per heavy atom. The van der Waals surface area contributed by atoms with Crippen LogP contribution < -0.4 is 5.73 Å². The van der Waals surface area contributed by atoms with Gasteiger partial charge in [0.15, 0.2) is 0 Å². The molecule has 2 heterocycles. The van der Waals surface area contributed by atoms with Crippen LogP contribution >= 0.6 is 22.9 Å². The molecule has 0 radical (unpaired) electrons. The largest absolute Gasteiger partial charge is 0.329 e. The Balaban J connectivity index is 2.16. The predicted molar refractivity (Wildman–Crippen MR) is 75.7 cm³/mol. The van der Waals surface area contributed by atoms with Crippen molar-refractivity contribution in [2.75, 3.05) is 13.1 Å².